The molecular weight excluding hydrogens is 278 g/mol. The lowest BCUT2D eigenvalue weighted by Gasteiger charge is -2.30. The average molecular weight is 300 g/mol. The van der Waals surface area contributed by atoms with Crippen molar-refractivity contribution in [1.29, 1.82) is 0 Å². The van der Waals surface area contributed by atoms with Crippen LogP contribution in [-0.2, 0) is 4.79 Å². The number of alkyl halides is 1. The van der Waals surface area contributed by atoms with Crippen molar-refractivity contribution in [3.8, 4) is 11.5 Å². The van der Waals surface area contributed by atoms with E-state index in [0.29, 0.717) is 18.0 Å². The van der Waals surface area contributed by atoms with Gasteiger partial charge in [-0.05, 0) is 17.5 Å². The number of methoxy groups -OCH3 is 2. The Bertz CT molecular complexity index is 469. The van der Waals surface area contributed by atoms with Gasteiger partial charge in [-0.3, -0.25) is 4.79 Å². The molecule has 0 aliphatic carbocycles. The van der Waals surface area contributed by atoms with Crippen LogP contribution >= 0.6 is 11.6 Å². The molecule has 0 fully saturated rings. The second kappa shape index (κ2) is 6.84. The van der Waals surface area contributed by atoms with Crippen LogP contribution in [0.15, 0.2) is 18.2 Å². The summed E-state index contributed by atoms with van der Waals surface area (Å²) in [6.07, 6.45) is 0. The van der Waals surface area contributed by atoms with E-state index in [1.165, 1.54) is 0 Å². The summed E-state index contributed by atoms with van der Waals surface area (Å²) in [7, 11) is 3.15. The molecule has 0 radical (unpaired) electrons. The van der Waals surface area contributed by atoms with Gasteiger partial charge in [0.05, 0.1) is 14.2 Å². The fourth-order valence-electron chi connectivity index (χ4n) is 1.86. The highest BCUT2D eigenvalue weighted by Crippen LogP contribution is 2.32. The molecule has 0 saturated carbocycles. The molecule has 1 rings (SSSR count). The van der Waals surface area contributed by atoms with Gasteiger partial charge in [0, 0.05) is 18.3 Å². The number of halogens is 1. The third kappa shape index (κ3) is 4.30. The maximum Gasteiger partial charge on any atom is 0.241 e. The second-order valence-corrected chi connectivity index (χ2v) is 5.98. The van der Waals surface area contributed by atoms with Gasteiger partial charge in [0.1, 0.15) is 5.88 Å². The fraction of sp³-hybridized carbons (Fsp3) is 0.533. The van der Waals surface area contributed by atoms with E-state index in [1.807, 2.05) is 6.07 Å². The highest BCUT2D eigenvalue weighted by Gasteiger charge is 2.22. The summed E-state index contributed by atoms with van der Waals surface area (Å²) >= 11 is 5.71. The van der Waals surface area contributed by atoms with Crippen molar-refractivity contribution in [2.24, 2.45) is 5.41 Å². The van der Waals surface area contributed by atoms with Crippen LogP contribution in [0.1, 0.15) is 20.8 Å². The Labute approximate surface area is 125 Å². The Morgan fingerprint density at radius 2 is 1.80 bits per heavy atom. The third-order valence-electron chi connectivity index (χ3n) is 2.73. The van der Waals surface area contributed by atoms with Crippen LogP contribution < -0.4 is 14.4 Å². The van der Waals surface area contributed by atoms with Crippen molar-refractivity contribution >= 4 is 23.2 Å². The molecule has 20 heavy (non-hydrogen) atoms. The van der Waals surface area contributed by atoms with Gasteiger partial charge in [0.15, 0.2) is 11.5 Å². The third-order valence-corrected chi connectivity index (χ3v) is 2.96. The van der Waals surface area contributed by atoms with Gasteiger partial charge in [0.25, 0.3) is 0 Å². The number of anilines is 1. The largest absolute Gasteiger partial charge is 0.493 e. The van der Waals surface area contributed by atoms with Crippen LogP contribution in [-0.4, -0.2) is 32.6 Å². The zero-order valence-corrected chi connectivity index (χ0v) is 13.5. The van der Waals surface area contributed by atoms with Crippen molar-refractivity contribution in [3.05, 3.63) is 18.2 Å². The van der Waals surface area contributed by atoms with E-state index in [2.05, 4.69) is 20.8 Å². The molecule has 0 aliphatic rings. The first-order valence-corrected chi connectivity index (χ1v) is 6.94. The fourth-order valence-corrected chi connectivity index (χ4v) is 2.01. The molecule has 0 N–H and O–H groups in total. The first kappa shape index (κ1) is 16.6. The van der Waals surface area contributed by atoms with E-state index < -0.39 is 0 Å². The van der Waals surface area contributed by atoms with E-state index in [9.17, 15) is 4.79 Å². The van der Waals surface area contributed by atoms with Gasteiger partial charge in [-0.1, -0.05) is 20.8 Å². The highest BCUT2D eigenvalue weighted by molar-refractivity contribution is 6.29. The molecule has 5 heteroatoms. The summed E-state index contributed by atoms with van der Waals surface area (Å²) in [5.74, 6) is 1.04. The number of hydrogen-bond acceptors (Lipinski definition) is 3. The van der Waals surface area contributed by atoms with Crippen LogP contribution in [0.4, 0.5) is 5.69 Å². The van der Waals surface area contributed by atoms with E-state index in [1.54, 1.807) is 31.3 Å². The summed E-state index contributed by atoms with van der Waals surface area (Å²) in [6.45, 7) is 6.79. The minimum atomic E-state index is -0.131. The predicted molar refractivity (Wildman–Crippen MR) is 82.1 cm³/mol. The average Bonchev–Trinajstić information content (AvgIpc) is 2.42. The first-order chi connectivity index (χ1) is 9.32. The lowest BCUT2D eigenvalue weighted by molar-refractivity contribution is -0.116. The van der Waals surface area contributed by atoms with Gasteiger partial charge in [-0.2, -0.15) is 0 Å². The highest BCUT2D eigenvalue weighted by atomic mass is 35.5. The number of carbonyl (C=O) groups is 1. The van der Waals surface area contributed by atoms with Crippen molar-refractivity contribution in [1.82, 2.24) is 0 Å². The first-order valence-electron chi connectivity index (χ1n) is 6.40. The quantitative estimate of drug-likeness (QED) is 0.783. The van der Waals surface area contributed by atoms with Gasteiger partial charge in [-0.15, -0.1) is 11.6 Å². The number of amides is 1. The zero-order chi connectivity index (χ0) is 15.3. The molecule has 1 amide bonds. The van der Waals surface area contributed by atoms with E-state index in [4.69, 9.17) is 21.1 Å². The molecule has 0 aromatic heterocycles. The Hall–Kier alpha value is -1.42. The maximum atomic E-state index is 12.1. The molecule has 0 spiro atoms. The molecule has 0 saturated heterocycles. The van der Waals surface area contributed by atoms with Crippen LogP contribution in [0.5, 0.6) is 11.5 Å². The predicted octanol–water partition coefficient (Wildman–Crippen LogP) is 3.32. The van der Waals surface area contributed by atoms with Gasteiger partial charge in [0.2, 0.25) is 5.91 Å². The number of rotatable bonds is 5. The minimum Gasteiger partial charge on any atom is -0.493 e. The van der Waals surface area contributed by atoms with Crippen LogP contribution in [0.3, 0.4) is 0 Å². The topological polar surface area (TPSA) is 38.8 Å². The van der Waals surface area contributed by atoms with Crippen molar-refractivity contribution in [2.45, 2.75) is 20.8 Å². The molecule has 4 nitrogen and oxygen atoms in total. The molecule has 0 aliphatic heterocycles. The molecule has 1 aromatic carbocycles. The summed E-state index contributed by atoms with van der Waals surface area (Å²) in [4.78, 5) is 13.7. The second-order valence-electron chi connectivity index (χ2n) is 5.71. The van der Waals surface area contributed by atoms with E-state index in [0.717, 1.165) is 5.69 Å². The smallest absolute Gasteiger partial charge is 0.241 e. The molecule has 0 bridgehead atoms. The van der Waals surface area contributed by atoms with Crippen LogP contribution in [0, 0.1) is 5.41 Å². The van der Waals surface area contributed by atoms with Crippen LogP contribution in [0.25, 0.3) is 0 Å². The molecule has 1 aromatic rings. The number of benzene rings is 1. The molecule has 0 heterocycles. The number of ether oxygens (including phenoxy) is 2. The SMILES string of the molecule is COc1ccc(N(CC(C)(C)C)C(=O)CCl)cc1OC. The standard InChI is InChI=1S/C15H22ClNO3/c1-15(2,3)10-17(14(18)9-16)11-6-7-12(19-4)13(8-11)20-5/h6-8H,9-10H2,1-5H3. The van der Waals surface area contributed by atoms with Gasteiger partial charge in [-0.25, -0.2) is 0 Å². The molecule has 0 unspecified atom stereocenters. The Morgan fingerprint density at radius 1 is 1.20 bits per heavy atom. The van der Waals surface area contributed by atoms with Gasteiger partial charge >= 0.3 is 0 Å². The Morgan fingerprint density at radius 3 is 2.25 bits per heavy atom. The number of carbonyl (C=O) groups excluding carboxylic acids is 1. The monoisotopic (exact) mass is 299 g/mol. The Kier molecular flexibility index (Phi) is 5.69. The molecule has 0 atom stereocenters. The van der Waals surface area contributed by atoms with Crippen molar-refractivity contribution in [2.75, 3.05) is 31.5 Å². The lowest BCUT2D eigenvalue weighted by Crippen LogP contribution is -2.38. The van der Waals surface area contributed by atoms with Gasteiger partial charge < -0.3 is 14.4 Å². The van der Waals surface area contributed by atoms with E-state index in [-0.39, 0.29) is 17.2 Å². The molecular formula is C15H22ClNO3. The Balaban J connectivity index is 3.17. The van der Waals surface area contributed by atoms with Crippen LogP contribution in [0.2, 0.25) is 0 Å². The normalized spacial score (nSPS) is 11.1. The van der Waals surface area contributed by atoms with Crippen molar-refractivity contribution in [3.63, 3.8) is 0 Å². The van der Waals surface area contributed by atoms with E-state index >= 15 is 0 Å². The summed E-state index contributed by atoms with van der Waals surface area (Å²) in [6, 6.07) is 5.40. The minimum absolute atomic E-state index is 0.0329. The summed E-state index contributed by atoms with van der Waals surface area (Å²) < 4.78 is 10.5. The summed E-state index contributed by atoms with van der Waals surface area (Å²) in [5, 5.41) is 0. The summed E-state index contributed by atoms with van der Waals surface area (Å²) in [5.41, 5.74) is 0.720. The lowest BCUT2D eigenvalue weighted by atomic mass is 9.95. The zero-order valence-electron chi connectivity index (χ0n) is 12.7. The van der Waals surface area contributed by atoms with Crippen molar-refractivity contribution < 1.29 is 14.3 Å². The molecule has 112 valence electrons. The number of nitrogens with zero attached hydrogens (tertiary/aromatic N) is 1. The maximum absolute atomic E-state index is 12.1. The number of hydrogen-bond donors (Lipinski definition) is 0.